The zero-order valence-electron chi connectivity index (χ0n) is 19.0. The molecule has 0 radical (unpaired) electrons. The highest BCUT2D eigenvalue weighted by Gasteiger charge is 2.39. The summed E-state index contributed by atoms with van der Waals surface area (Å²) in [7, 11) is -7.76. The van der Waals surface area contributed by atoms with E-state index in [1.807, 2.05) is 0 Å². The van der Waals surface area contributed by atoms with Crippen LogP contribution in [-0.4, -0.2) is 55.5 Å². The first kappa shape index (κ1) is 25.6. The second-order valence-electron chi connectivity index (χ2n) is 7.28. The summed E-state index contributed by atoms with van der Waals surface area (Å²) in [6, 6.07) is 11.9. The molecule has 0 saturated heterocycles. The van der Waals surface area contributed by atoms with Crippen molar-refractivity contribution < 1.29 is 30.6 Å². The van der Waals surface area contributed by atoms with Crippen LogP contribution in [0.1, 0.15) is 19.4 Å². The fourth-order valence-corrected chi connectivity index (χ4v) is 6.22. The summed E-state index contributed by atoms with van der Waals surface area (Å²) >= 11 is 0.712. The van der Waals surface area contributed by atoms with E-state index in [0.29, 0.717) is 17.3 Å². The number of hydrogen-bond acceptors (Lipinski definition) is 10. The molecule has 0 spiro atoms. The van der Waals surface area contributed by atoms with E-state index in [0.717, 1.165) is 5.01 Å². The van der Waals surface area contributed by atoms with Gasteiger partial charge < -0.3 is 8.92 Å². The Balaban J connectivity index is 1.66. The topological polar surface area (TPSA) is 156 Å². The maximum absolute atomic E-state index is 12.6. The number of carbonyl (C=O) groups is 1. The lowest BCUT2D eigenvalue weighted by Gasteiger charge is -2.20. The molecule has 4 rings (SSSR count). The lowest BCUT2D eigenvalue weighted by atomic mass is 10.1. The first-order valence-corrected chi connectivity index (χ1v) is 14.4. The van der Waals surface area contributed by atoms with Gasteiger partial charge in [-0.2, -0.15) is 18.4 Å². The number of hydrogen-bond donors (Lipinski definition) is 1. The Bertz CT molecular complexity index is 1550. The van der Waals surface area contributed by atoms with Crippen LogP contribution >= 0.6 is 11.8 Å². The number of thioether (sulfide) groups is 1. The standard InChI is InChI=1S/C22H20N4O7S3/c1-3-32-18-13-14(10-11-17(18)33-36(30,31)15-8-6-5-7-9-15)12-16-19(23)26-21(24-20(16)27)34-22(25-26)35(28,29)4-2/h5-13,23H,3-4H2,1-2H3/b16-12-,23-19?. The van der Waals surface area contributed by atoms with Crippen molar-refractivity contribution in [2.45, 2.75) is 18.7 Å². The highest BCUT2D eigenvalue weighted by molar-refractivity contribution is 8.42. The molecule has 188 valence electrons. The first-order valence-electron chi connectivity index (χ1n) is 10.5. The minimum Gasteiger partial charge on any atom is -0.490 e. The molecule has 0 fully saturated rings. The maximum atomic E-state index is 12.6. The van der Waals surface area contributed by atoms with Crippen molar-refractivity contribution in [1.29, 1.82) is 5.41 Å². The second kappa shape index (κ2) is 9.87. The number of benzene rings is 2. The van der Waals surface area contributed by atoms with E-state index in [9.17, 15) is 21.6 Å². The molecule has 11 nitrogen and oxygen atoms in total. The van der Waals surface area contributed by atoms with Gasteiger partial charge in [0.1, 0.15) is 4.90 Å². The Labute approximate surface area is 212 Å². The largest absolute Gasteiger partial charge is 0.490 e. The van der Waals surface area contributed by atoms with Crippen LogP contribution in [-0.2, 0) is 24.7 Å². The van der Waals surface area contributed by atoms with Crippen molar-refractivity contribution in [3.63, 3.8) is 0 Å². The van der Waals surface area contributed by atoms with Crippen LogP contribution in [0.3, 0.4) is 0 Å². The molecule has 0 unspecified atom stereocenters. The number of amides is 1. The number of fused-ring (bicyclic) bond motifs is 1. The fourth-order valence-electron chi connectivity index (χ4n) is 3.10. The van der Waals surface area contributed by atoms with Gasteiger partial charge in [0, 0.05) is 0 Å². The van der Waals surface area contributed by atoms with Crippen LogP contribution in [0.15, 0.2) is 69.1 Å². The van der Waals surface area contributed by atoms with Crippen LogP contribution in [0.2, 0.25) is 0 Å². The summed E-state index contributed by atoms with van der Waals surface area (Å²) in [4.78, 5) is 16.5. The third-order valence-corrected chi connectivity index (χ3v) is 9.23. The molecule has 1 amide bonds. The molecule has 36 heavy (non-hydrogen) atoms. The molecular weight excluding hydrogens is 528 g/mol. The van der Waals surface area contributed by atoms with Gasteiger partial charge in [-0.15, -0.1) is 5.10 Å². The molecule has 2 heterocycles. The molecule has 1 N–H and O–H groups in total. The number of amidine groups is 2. The highest BCUT2D eigenvalue weighted by atomic mass is 32.3. The van der Waals surface area contributed by atoms with Crippen molar-refractivity contribution in [3.05, 3.63) is 59.7 Å². The van der Waals surface area contributed by atoms with Gasteiger partial charge in [0.2, 0.25) is 19.4 Å². The number of sulfone groups is 1. The van der Waals surface area contributed by atoms with E-state index < -0.39 is 25.9 Å². The van der Waals surface area contributed by atoms with Crippen LogP contribution in [0.25, 0.3) is 6.08 Å². The summed E-state index contributed by atoms with van der Waals surface area (Å²) in [5.74, 6) is -1.21. The Morgan fingerprint density at radius 1 is 1.06 bits per heavy atom. The molecule has 2 aliphatic heterocycles. The number of ether oxygens (including phenoxy) is 1. The quantitative estimate of drug-likeness (QED) is 0.406. The summed E-state index contributed by atoms with van der Waals surface area (Å²) in [6.45, 7) is 3.38. The van der Waals surface area contributed by atoms with Gasteiger partial charge >= 0.3 is 10.1 Å². The van der Waals surface area contributed by atoms with Gasteiger partial charge in [-0.3, -0.25) is 10.2 Å². The lowest BCUT2D eigenvalue weighted by Crippen LogP contribution is -2.35. The zero-order chi connectivity index (χ0) is 26.1. The lowest BCUT2D eigenvalue weighted by molar-refractivity contribution is -0.114. The zero-order valence-corrected chi connectivity index (χ0v) is 21.5. The van der Waals surface area contributed by atoms with Crippen molar-refractivity contribution in [3.8, 4) is 11.5 Å². The van der Waals surface area contributed by atoms with E-state index >= 15 is 0 Å². The van der Waals surface area contributed by atoms with Crippen molar-refractivity contribution >= 4 is 59.1 Å². The smallest absolute Gasteiger partial charge is 0.339 e. The number of rotatable bonds is 7. The van der Waals surface area contributed by atoms with E-state index in [4.69, 9.17) is 14.3 Å². The van der Waals surface area contributed by atoms with Crippen molar-refractivity contribution in [2.75, 3.05) is 12.4 Å². The number of nitrogens with one attached hydrogen (secondary N) is 1. The van der Waals surface area contributed by atoms with Crippen molar-refractivity contribution in [1.82, 2.24) is 5.01 Å². The maximum Gasteiger partial charge on any atom is 0.339 e. The Morgan fingerprint density at radius 2 is 1.78 bits per heavy atom. The Hall–Kier alpha value is -3.49. The van der Waals surface area contributed by atoms with Gasteiger partial charge in [-0.25, -0.2) is 8.42 Å². The van der Waals surface area contributed by atoms with E-state index in [1.165, 1.54) is 43.3 Å². The molecule has 0 aromatic heterocycles. The first-order chi connectivity index (χ1) is 17.1. The Kier molecular flexibility index (Phi) is 7.02. The van der Waals surface area contributed by atoms with E-state index in [-0.39, 0.29) is 49.7 Å². The molecule has 2 aromatic carbocycles. The third kappa shape index (κ3) is 5.05. The minimum absolute atomic E-state index is 0.0148. The summed E-state index contributed by atoms with van der Waals surface area (Å²) < 4.78 is 60.2. The van der Waals surface area contributed by atoms with Crippen LogP contribution in [0.4, 0.5) is 0 Å². The molecule has 2 aromatic rings. The molecule has 2 aliphatic rings. The fraction of sp³-hybridized carbons (Fsp3) is 0.182. The summed E-state index contributed by atoms with van der Waals surface area (Å²) in [5, 5.41) is 13.3. The number of carbonyl (C=O) groups excluding carboxylic acids is 1. The van der Waals surface area contributed by atoms with Gasteiger partial charge in [-0.05, 0) is 54.6 Å². The van der Waals surface area contributed by atoms with Crippen LogP contribution in [0, 0.1) is 5.41 Å². The highest BCUT2D eigenvalue weighted by Crippen LogP contribution is 2.34. The van der Waals surface area contributed by atoms with Crippen LogP contribution in [0.5, 0.6) is 11.5 Å². The minimum atomic E-state index is -4.12. The summed E-state index contributed by atoms with van der Waals surface area (Å²) in [6.07, 6.45) is 1.36. The average molecular weight is 549 g/mol. The second-order valence-corrected chi connectivity index (χ2v) is 12.2. The molecule has 0 atom stereocenters. The van der Waals surface area contributed by atoms with Gasteiger partial charge in [0.15, 0.2) is 17.3 Å². The number of nitrogens with zero attached hydrogens (tertiary/aromatic N) is 3. The average Bonchev–Trinajstić information content (AvgIpc) is 3.29. The third-order valence-electron chi connectivity index (χ3n) is 4.89. The van der Waals surface area contributed by atoms with Gasteiger partial charge in [0.05, 0.1) is 17.9 Å². The van der Waals surface area contributed by atoms with E-state index in [2.05, 4.69) is 10.1 Å². The predicted molar refractivity (Wildman–Crippen MR) is 136 cm³/mol. The molecular formula is C22H20N4O7S3. The Morgan fingerprint density at radius 3 is 2.44 bits per heavy atom. The van der Waals surface area contributed by atoms with Gasteiger partial charge in [0.25, 0.3) is 5.91 Å². The molecule has 14 heteroatoms. The number of hydrazone groups is 1. The van der Waals surface area contributed by atoms with Gasteiger partial charge in [-0.1, -0.05) is 31.2 Å². The predicted octanol–water partition coefficient (Wildman–Crippen LogP) is 2.86. The molecule has 0 aliphatic carbocycles. The SMILES string of the molecule is CCOc1cc(/C=C2/C(=N)N3N=C(S(=O)(=O)CC)SC3=NC2=O)ccc1OS(=O)(=O)c1ccccc1. The monoisotopic (exact) mass is 548 g/mol. The van der Waals surface area contributed by atoms with E-state index in [1.54, 1.807) is 25.1 Å². The van der Waals surface area contributed by atoms with Crippen molar-refractivity contribution in [2.24, 2.45) is 10.1 Å². The summed E-state index contributed by atoms with van der Waals surface area (Å²) in [5.41, 5.74) is 0.262. The molecule has 0 saturated carbocycles. The number of aliphatic imine (C=N–C) groups is 1. The normalized spacial score (nSPS) is 17.1. The van der Waals surface area contributed by atoms with Crippen LogP contribution < -0.4 is 8.92 Å². The molecule has 0 bridgehead atoms.